The fourth-order valence-electron chi connectivity index (χ4n) is 2.81. The number of sulfonamides is 1. The van der Waals surface area contributed by atoms with Gasteiger partial charge in [-0.05, 0) is 53.6 Å². The highest BCUT2D eigenvalue weighted by Gasteiger charge is 2.16. The molecule has 0 saturated heterocycles. The molecule has 0 saturated carbocycles. The van der Waals surface area contributed by atoms with Crippen LogP contribution < -0.4 is 4.72 Å². The fraction of sp³-hybridized carbons (Fsp3) is 0.0500. The monoisotopic (exact) mass is 382 g/mol. The summed E-state index contributed by atoms with van der Waals surface area (Å²) in [5.74, 6) is 0.166. The molecular weight excluding hydrogens is 367 g/mol. The summed E-state index contributed by atoms with van der Waals surface area (Å²) in [5, 5.41) is 0. The molecule has 0 atom stereocenters. The number of benzene rings is 3. The topological polar surface area (TPSA) is 72.2 Å². The fourth-order valence-corrected chi connectivity index (χ4v) is 3.90. The Bertz CT molecular complexity index is 1230. The van der Waals surface area contributed by atoms with Crippen molar-refractivity contribution in [3.05, 3.63) is 78.4 Å². The predicted octanol–water partition coefficient (Wildman–Crippen LogP) is 4.74. The van der Waals surface area contributed by atoms with E-state index in [0.29, 0.717) is 28.2 Å². The van der Waals surface area contributed by atoms with Gasteiger partial charge in [-0.2, -0.15) is 0 Å². The van der Waals surface area contributed by atoms with Crippen LogP contribution in [-0.4, -0.2) is 13.4 Å². The summed E-state index contributed by atoms with van der Waals surface area (Å²) in [5.41, 5.74) is 2.97. The van der Waals surface area contributed by atoms with Crippen molar-refractivity contribution in [1.82, 2.24) is 4.98 Å². The van der Waals surface area contributed by atoms with Crippen LogP contribution in [0.1, 0.15) is 5.89 Å². The lowest BCUT2D eigenvalue weighted by Gasteiger charge is -2.10. The minimum atomic E-state index is -3.80. The van der Waals surface area contributed by atoms with Crippen LogP contribution in [-0.2, 0) is 10.0 Å². The van der Waals surface area contributed by atoms with Gasteiger partial charge in [0, 0.05) is 6.92 Å². The molecule has 0 unspecified atom stereocenters. The molecule has 0 fully saturated rings. The molecule has 0 aliphatic heterocycles. The molecule has 136 valence electrons. The minimum absolute atomic E-state index is 0.112. The van der Waals surface area contributed by atoms with Crippen LogP contribution in [0, 0.1) is 12.7 Å². The van der Waals surface area contributed by atoms with Gasteiger partial charge in [0.25, 0.3) is 10.0 Å². The maximum absolute atomic E-state index is 13.1. The van der Waals surface area contributed by atoms with Crippen molar-refractivity contribution in [3.8, 4) is 11.1 Å². The lowest BCUT2D eigenvalue weighted by Crippen LogP contribution is -2.12. The Morgan fingerprint density at radius 1 is 0.963 bits per heavy atom. The molecule has 4 aromatic rings. The van der Waals surface area contributed by atoms with E-state index in [4.69, 9.17) is 4.42 Å². The van der Waals surface area contributed by atoms with Crippen molar-refractivity contribution < 1.29 is 17.2 Å². The van der Waals surface area contributed by atoms with E-state index in [1.54, 1.807) is 55.5 Å². The third-order valence-electron chi connectivity index (χ3n) is 4.07. The number of aryl methyl sites for hydroxylation is 1. The number of oxazole rings is 1. The first-order valence-corrected chi connectivity index (χ1v) is 9.65. The lowest BCUT2D eigenvalue weighted by molar-refractivity contribution is 0.561. The third-order valence-corrected chi connectivity index (χ3v) is 5.45. The molecule has 0 bridgehead atoms. The zero-order chi connectivity index (χ0) is 19.0. The Balaban J connectivity index is 1.66. The molecule has 1 aromatic heterocycles. The Morgan fingerprint density at radius 3 is 2.52 bits per heavy atom. The highest BCUT2D eigenvalue weighted by atomic mass is 32.2. The molecule has 5 nitrogen and oxygen atoms in total. The van der Waals surface area contributed by atoms with Crippen LogP contribution in [0.25, 0.3) is 22.2 Å². The minimum Gasteiger partial charge on any atom is -0.441 e. The predicted molar refractivity (Wildman–Crippen MR) is 101 cm³/mol. The van der Waals surface area contributed by atoms with E-state index >= 15 is 0 Å². The highest BCUT2D eigenvalue weighted by Crippen LogP contribution is 2.25. The maximum atomic E-state index is 13.1. The summed E-state index contributed by atoms with van der Waals surface area (Å²) in [7, 11) is -3.80. The smallest absolute Gasteiger partial charge is 0.261 e. The molecule has 0 spiro atoms. The summed E-state index contributed by atoms with van der Waals surface area (Å²) in [6.07, 6.45) is 0. The quantitative estimate of drug-likeness (QED) is 0.553. The summed E-state index contributed by atoms with van der Waals surface area (Å²) in [6.45, 7) is 1.73. The van der Waals surface area contributed by atoms with Gasteiger partial charge in [0.1, 0.15) is 11.3 Å². The number of nitrogens with one attached hydrogen (secondary N) is 1. The summed E-state index contributed by atoms with van der Waals surface area (Å²) >= 11 is 0. The van der Waals surface area contributed by atoms with E-state index in [2.05, 4.69) is 9.71 Å². The summed E-state index contributed by atoms with van der Waals surface area (Å²) in [6, 6.07) is 17.3. The number of hydrogen-bond acceptors (Lipinski definition) is 4. The molecular formula is C20H15FN2O3S. The van der Waals surface area contributed by atoms with Gasteiger partial charge in [-0.1, -0.05) is 24.3 Å². The van der Waals surface area contributed by atoms with Gasteiger partial charge in [0.15, 0.2) is 11.5 Å². The maximum Gasteiger partial charge on any atom is 0.261 e. The van der Waals surface area contributed by atoms with Crippen LogP contribution in [0.15, 0.2) is 76.0 Å². The van der Waals surface area contributed by atoms with Crippen molar-refractivity contribution in [1.29, 1.82) is 0 Å². The normalized spacial score (nSPS) is 11.6. The van der Waals surface area contributed by atoms with Crippen molar-refractivity contribution in [3.63, 3.8) is 0 Å². The molecule has 1 N–H and O–H groups in total. The van der Waals surface area contributed by atoms with Crippen molar-refractivity contribution in [2.75, 3.05) is 4.72 Å². The Morgan fingerprint density at radius 2 is 1.74 bits per heavy atom. The zero-order valence-electron chi connectivity index (χ0n) is 14.3. The first-order valence-electron chi connectivity index (χ1n) is 8.17. The number of nitrogens with zero attached hydrogens (tertiary/aromatic N) is 1. The number of aromatic nitrogens is 1. The van der Waals surface area contributed by atoms with E-state index < -0.39 is 10.0 Å². The standard InChI is InChI=1S/C20H15FN2O3S/c1-13-22-19-12-17(9-10-20(19)26-13)23-27(24,25)18-4-2-3-15(11-18)14-5-7-16(21)8-6-14/h2-12,23H,1H3. The second-order valence-corrected chi connectivity index (χ2v) is 7.74. The van der Waals surface area contributed by atoms with E-state index in [0.717, 1.165) is 5.56 Å². The van der Waals surface area contributed by atoms with Gasteiger partial charge in [0.2, 0.25) is 0 Å². The van der Waals surface area contributed by atoms with Crippen LogP contribution in [0.5, 0.6) is 0 Å². The zero-order valence-corrected chi connectivity index (χ0v) is 15.1. The van der Waals surface area contributed by atoms with E-state index in [-0.39, 0.29) is 10.7 Å². The number of halogens is 1. The Labute approximate surface area is 155 Å². The van der Waals surface area contributed by atoms with Gasteiger partial charge >= 0.3 is 0 Å². The number of anilines is 1. The lowest BCUT2D eigenvalue weighted by atomic mass is 10.1. The molecule has 0 radical (unpaired) electrons. The van der Waals surface area contributed by atoms with Crippen LogP contribution in [0.2, 0.25) is 0 Å². The Kier molecular flexibility index (Phi) is 4.16. The SMILES string of the molecule is Cc1nc2cc(NS(=O)(=O)c3cccc(-c4ccc(F)cc4)c3)ccc2o1. The summed E-state index contributed by atoms with van der Waals surface area (Å²) < 4.78 is 46.6. The molecule has 0 aliphatic rings. The van der Waals surface area contributed by atoms with Crippen LogP contribution >= 0.6 is 0 Å². The van der Waals surface area contributed by atoms with Crippen molar-refractivity contribution in [2.45, 2.75) is 11.8 Å². The molecule has 0 amide bonds. The second-order valence-electron chi connectivity index (χ2n) is 6.06. The largest absolute Gasteiger partial charge is 0.441 e. The van der Waals surface area contributed by atoms with Gasteiger partial charge in [-0.25, -0.2) is 17.8 Å². The molecule has 1 heterocycles. The second kappa shape index (κ2) is 6.51. The number of hydrogen-bond donors (Lipinski definition) is 1. The van der Waals surface area contributed by atoms with Gasteiger partial charge in [-0.15, -0.1) is 0 Å². The highest BCUT2D eigenvalue weighted by molar-refractivity contribution is 7.92. The van der Waals surface area contributed by atoms with Crippen molar-refractivity contribution in [2.24, 2.45) is 0 Å². The van der Waals surface area contributed by atoms with Gasteiger partial charge in [0.05, 0.1) is 10.6 Å². The van der Waals surface area contributed by atoms with Crippen LogP contribution in [0.3, 0.4) is 0 Å². The van der Waals surface area contributed by atoms with E-state index in [1.807, 2.05) is 0 Å². The first-order chi connectivity index (χ1) is 12.9. The third kappa shape index (κ3) is 3.54. The molecule has 4 rings (SSSR count). The van der Waals surface area contributed by atoms with Gasteiger partial charge < -0.3 is 4.42 Å². The molecule has 7 heteroatoms. The molecule has 3 aromatic carbocycles. The number of fused-ring (bicyclic) bond motifs is 1. The van der Waals surface area contributed by atoms with E-state index in [9.17, 15) is 12.8 Å². The van der Waals surface area contributed by atoms with E-state index in [1.165, 1.54) is 18.2 Å². The van der Waals surface area contributed by atoms with Gasteiger partial charge in [-0.3, -0.25) is 4.72 Å². The first kappa shape index (κ1) is 17.2. The Hall–Kier alpha value is -3.19. The number of rotatable bonds is 4. The van der Waals surface area contributed by atoms with Crippen molar-refractivity contribution >= 4 is 26.8 Å². The average molecular weight is 382 g/mol. The van der Waals surface area contributed by atoms with Crippen LogP contribution in [0.4, 0.5) is 10.1 Å². The summed E-state index contributed by atoms with van der Waals surface area (Å²) in [4.78, 5) is 4.32. The molecule has 0 aliphatic carbocycles. The average Bonchev–Trinajstić information content (AvgIpc) is 3.01. The molecule has 27 heavy (non-hydrogen) atoms.